The van der Waals surface area contributed by atoms with Gasteiger partial charge in [-0.05, 0) is 53.1 Å². The van der Waals surface area contributed by atoms with Crippen LogP contribution in [0, 0.1) is 0 Å². The summed E-state index contributed by atoms with van der Waals surface area (Å²) in [6.45, 7) is 3.15. The van der Waals surface area contributed by atoms with Gasteiger partial charge in [0.05, 0.1) is 20.3 Å². The van der Waals surface area contributed by atoms with E-state index in [0.29, 0.717) is 0 Å². The topological polar surface area (TPSA) is 30.5 Å². The van der Waals surface area contributed by atoms with Crippen molar-refractivity contribution in [3.05, 3.63) is 46.2 Å². The van der Waals surface area contributed by atoms with Crippen LogP contribution in [0.5, 0.6) is 11.5 Å². The van der Waals surface area contributed by atoms with Gasteiger partial charge in [0.2, 0.25) is 0 Å². The predicted molar refractivity (Wildman–Crippen MR) is 84.0 cm³/mol. The van der Waals surface area contributed by atoms with Gasteiger partial charge in [-0.2, -0.15) is 11.3 Å². The van der Waals surface area contributed by atoms with Gasteiger partial charge in [0.25, 0.3) is 0 Å². The minimum atomic E-state index is 0.195. The number of ether oxygens (including phenoxy) is 2. The Morgan fingerprint density at radius 2 is 1.90 bits per heavy atom. The summed E-state index contributed by atoms with van der Waals surface area (Å²) in [4.78, 5) is 0. The molecule has 4 heteroatoms. The van der Waals surface area contributed by atoms with Gasteiger partial charge in [0, 0.05) is 0 Å². The number of hydrogen-bond donors (Lipinski definition) is 1. The Labute approximate surface area is 124 Å². The highest BCUT2D eigenvalue weighted by Gasteiger charge is 2.16. The molecule has 0 saturated carbocycles. The lowest BCUT2D eigenvalue weighted by molar-refractivity contribution is 0.354. The van der Waals surface area contributed by atoms with Crippen LogP contribution in [0.4, 0.5) is 0 Å². The van der Waals surface area contributed by atoms with E-state index in [-0.39, 0.29) is 6.04 Å². The van der Waals surface area contributed by atoms with Gasteiger partial charge in [0.1, 0.15) is 0 Å². The van der Waals surface area contributed by atoms with Crippen LogP contribution in [-0.4, -0.2) is 20.8 Å². The van der Waals surface area contributed by atoms with Crippen molar-refractivity contribution in [1.82, 2.24) is 5.32 Å². The zero-order chi connectivity index (χ0) is 14.4. The minimum absolute atomic E-state index is 0.195. The van der Waals surface area contributed by atoms with Crippen molar-refractivity contribution in [1.29, 1.82) is 0 Å². The number of rotatable bonds is 7. The first-order chi connectivity index (χ1) is 9.80. The molecule has 1 heterocycles. The van der Waals surface area contributed by atoms with Gasteiger partial charge in [0.15, 0.2) is 11.5 Å². The summed E-state index contributed by atoms with van der Waals surface area (Å²) in [5.74, 6) is 1.53. The predicted octanol–water partition coefficient (Wildman–Crippen LogP) is 3.85. The second-order valence-electron chi connectivity index (χ2n) is 4.56. The van der Waals surface area contributed by atoms with E-state index in [4.69, 9.17) is 9.47 Å². The Hall–Kier alpha value is -1.52. The van der Waals surface area contributed by atoms with Crippen LogP contribution in [0.3, 0.4) is 0 Å². The van der Waals surface area contributed by atoms with Crippen molar-refractivity contribution in [3.8, 4) is 11.5 Å². The first kappa shape index (κ1) is 14.9. The molecule has 0 radical (unpaired) electrons. The molecular weight excluding hydrogens is 270 g/mol. The zero-order valence-corrected chi connectivity index (χ0v) is 13.0. The molecule has 108 valence electrons. The van der Waals surface area contributed by atoms with Crippen LogP contribution in [0.2, 0.25) is 0 Å². The van der Waals surface area contributed by atoms with Gasteiger partial charge in [-0.3, -0.25) is 0 Å². The lowest BCUT2D eigenvalue weighted by atomic mass is 10.0. The lowest BCUT2D eigenvalue weighted by Gasteiger charge is -2.19. The Kier molecular flexibility index (Phi) is 5.44. The summed E-state index contributed by atoms with van der Waals surface area (Å²) in [7, 11) is 3.32. The molecule has 0 fully saturated rings. The summed E-state index contributed by atoms with van der Waals surface area (Å²) in [6, 6.07) is 8.45. The maximum Gasteiger partial charge on any atom is 0.161 e. The molecule has 2 rings (SSSR count). The monoisotopic (exact) mass is 291 g/mol. The first-order valence-corrected chi connectivity index (χ1v) is 7.71. The maximum atomic E-state index is 5.40. The van der Waals surface area contributed by atoms with E-state index >= 15 is 0 Å². The van der Waals surface area contributed by atoms with Crippen molar-refractivity contribution < 1.29 is 9.47 Å². The van der Waals surface area contributed by atoms with Crippen LogP contribution in [0.1, 0.15) is 30.5 Å². The summed E-state index contributed by atoms with van der Waals surface area (Å²) in [5, 5.41) is 7.88. The van der Waals surface area contributed by atoms with Crippen LogP contribution in [-0.2, 0) is 0 Å². The number of methoxy groups -OCH3 is 2. The molecular formula is C16H21NO2S. The SMILES string of the molecule is CCCNC(c1ccsc1)c1ccc(OC)c(OC)c1. The smallest absolute Gasteiger partial charge is 0.161 e. The first-order valence-electron chi connectivity index (χ1n) is 6.77. The molecule has 2 aromatic rings. The van der Waals surface area contributed by atoms with E-state index in [2.05, 4.69) is 35.1 Å². The van der Waals surface area contributed by atoms with E-state index in [1.165, 1.54) is 11.1 Å². The Bertz CT molecular complexity index is 525. The van der Waals surface area contributed by atoms with Gasteiger partial charge in [-0.1, -0.05) is 13.0 Å². The molecule has 0 amide bonds. The van der Waals surface area contributed by atoms with E-state index in [0.717, 1.165) is 24.5 Å². The van der Waals surface area contributed by atoms with Crippen molar-refractivity contribution >= 4 is 11.3 Å². The minimum Gasteiger partial charge on any atom is -0.493 e. The number of thiophene rings is 1. The fraction of sp³-hybridized carbons (Fsp3) is 0.375. The average molecular weight is 291 g/mol. The van der Waals surface area contributed by atoms with Crippen LogP contribution < -0.4 is 14.8 Å². The quantitative estimate of drug-likeness (QED) is 0.840. The number of nitrogens with one attached hydrogen (secondary N) is 1. The van der Waals surface area contributed by atoms with Crippen LogP contribution >= 0.6 is 11.3 Å². The molecule has 1 atom stereocenters. The molecule has 0 aliphatic rings. The molecule has 0 aliphatic heterocycles. The second kappa shape index (κ2) is 7.31. The van der Waals surface area contributed by atoms with Crippen molar-refractivity contribution in [2.45, 2.75) is 19.4 Å². The highest BCUT2D eigenvalue weighted by atomic mass is 32.1. The fourth-order valence-corrected chi connectivity index (χ4v) is 2.87. The third-order valence-electron chi connectivity index (χ3n) is 3.22. The van der Waals surface area contributed by atoms with Crippen molar-refractivity contribution in [3.63, 3.8) is 0 Å². The fourth-order valence-electron chi connectivity index (χ4n) is 2.19. The third kappa shape index (κ3) is 3.32. The van der Waals surface area contributed by atoms with E-state index in [9.17, 15) is 0 Å². The molecule has 1 aromatic heterocycles. The van der Waals surface area contributed by atoms with Gasteiger partial charge < -0.3 is 14.8 Å². The molecule has 1 aromatic carbocycles. The maximum absolute atomic E-state index is 5.40. The molecule has 0 spiro atoms. The molecule has 20 heavy (non-hydrogen) atoms. The lowest BCUT2D eigenvalue weighted by Crippen LogP contribution is -2.22. The molecule has 3 nitrogen and oxygen atoms in total. The normalized spacial score (nSPS) is 12.2. The van der Waals surface area contributed by atoms with E-state index < -0.39 is 0 Å². The Morgan fingerprint density at radius 3 is 2.50 bits per heavy atom. The highest BCUT2D eigenvalue weighted by Crippen LogP contribution is 2.32. The summed E-state index contributed by atoms with van der Waals surface area (Å²) < 4.78 is 10.7. The van der Waals surface area contributed by atoms with Crippen molar-refractivity contribution in [2.24, 2.45) is 0 Å². The number of hydrogen-bond acceptors (Lipinski definition) is 4. The van der Waals surface area contributed by atoms with Crippen LogP contribution in [0.25, 0.3) is 0 Å². The third-order valence-corrected chi connectivity index (χ3v) is 3.92. The van der Waals surface area contributed by atoms with Gasteiger partial charge >= 0.3 is 0 Å². The number of benzene rings is 1. The van der Waals surface area contributed by atoms with Crippen molar-refractivity contribution in [2.75, 3.05) is 20.8 Å². The zero-order valence-electron chi connectivity index (χ0n) is 12.2. The van der Waals surface area contributed by atoms with Gasteiger partial charge in [-0.15, -0.1) is 0 Å². The van der Waals surface area contributed by atoms with E-state index in [1.807, 2.05) is 12.1 Å². The van der Waals surface area contributed by atoms with Crippen LogP contribution in [0.15, 0.2) is 35.0 Å². The summed E-state index contributed by atoms with van der Waals surface area (Å²) in [5.41, 5.74) is 2.48. The van der Waals surface area contributed by atoms with Gasteiger partial charge in [-0.25, -0.2) is 0 Å². The molecule has 0 saturated heterocycles. The summed E-state index contributed by atoms with van der Waals surface area (Å²) in [6.07, 6.45) is 1.11. The average Bonchev–Trinajstić information content (AvgIpc) is 3.01. The standard InChI is InChI=1S/C16H21NO2S/c1-4-8-17-16(13-7-9-20-11-13)12-5-6-14(18-2)15(10-12)19-3/h5-7,9-11,16-17H,4,8H2,1-3H3. The van der Waals surface area contributed by atoms with E-state index in [1.54, 1.807) is 25.6 Å². The second-order valence-corrected chi connectivity index (χ2v) is 5.34. The molecule has 0 bridgehead atoms. The Morgan fingerprint density at radius 1 is 1.10 bits per heavy atom. The molecule has 0 aliphatic carbocycles. The highest BCUT2D eigenvalue weighted by molar-refractivity contribution is 7.08. The Balaban J connectivity index is 2.33. The molecule has 1 N–H and O–H groups in total. The summed E-state index contributed by atoms with van der Waals surface area (Å²) >= 11 is 1.72. The molecule has 1 unspecified atom stereocenters. The largest absolute Gasteiger partial charge is 0.493 e.